The standard InChI is InChI=1S/C21H24BrNO4/c1-15-7-8-19(20(12-15)27-14-18-6-3-10-25-18)23-21(24)9-11-26-17-5-2-4-16(22)13-17/h2,4-5,7-8,12-13,18H,3,6,9-11,14H2,1H3,(H,23,24). The molecule has 27 heavy (non-hydrogen) atoms. The van der Waals surface area contributed by atoms with E-state index >= 15 is 0 Å². The number of halogens is 1. The molecule has 1 fully saturated rings. The van der Waals surface area contributed by atoms with E-state index in [1.807, 2.05) is 49.4 Å². The van der Waals surface area contributed by atoms with E-state index in [0.717, 1.165) is 35.2 Å². The highest BCUT2D eigenvalue weighted by molar-refractivity contribution is 9.10. The lowest BCUT2D eigenvalue weighted by Crippen LogP contribution is -2.19. The number of aryl methyl sites for hydroxylation is 1. The number of hydrogen-bond acceptors (Lipinski definition) is 4. The molecule has 0 radical (unpaired) electrons. The van der Waals surface area contributed by atoms with Crippen molar-refractivity contribution in [2.45, 2.75) is 32.3 Å². The van der Waals surface area contributed by atoms with Crippen molar-refractivity contribution in [1.29, 1.82) is 0 Å². The Labute approximate surface area is 168 Å². The minimum Gasteiger partial charge on any atom is -0.493 e. The lowest BCUT2D eigenvalue weighted by molar-refractivity contribution is -0.116. The fourth-order valence-electron chi connectivity index (χ4n) is 2.84. The first kappa shape index (κ1) is 19.7. The van der Waals surface area contributed by atoms with Crippen molar-refractivity contribution >= 4 is 27.5 Å². The molecule has 1 aliphatic rings. The van der Waals surface area contributed by atoms with Gasteiger partial charge in [-0.15, -0.1) is 0 Å². The number of carbonyl (C=O) groups is 1. The van der Waals surface area contributed by atoms with Gasteiger partial charge in [0.1, 0.15) is 18.1 Å². The number of rotatable bonds is 8. The van der Waals surface area contributed by atoms with Crippen LogP contribution < -0.4 is 14.8 Å². The Morgan fingerprint density at radius 2 is 2.15 bits per heavy atom. The largest absolute Gasteiger partial charge is 0.493 e. The first-order chi connectivity index (χ1) is 13.1. The molecule has 1 N–H and O–H groups in total. The highest BCUT2D eigenvalue weighted by Crippen LogP contribution is 2.27. The van der Waals surface area contributed by atoms with E-state index in [1.54, 1.807) is 0 Å². The van der Waals surface area contributed by atoms with E-state index in [1.165, 1.54) is 0 Å². The van der Waals surface area contributed by atoms with Crippen LogP contribution in [0.15, 0.2) is 46.9 Å². The maximum Gasteiger partial charge on any atom is 0.227 e. The molecule has 1 aliphatic heterocycles. The van der Waals surface area contributed by atoms with E-state index < -0.39 is 0 Å². The zero-order valence-corrected chi connectivity index (χ0v) is 17.0. The Morgan fingerprint density at radius 3 is 2.93 bits per heavy atom. The van der Waals surface area contributed by atoms with Crippen molar-refractivity contribution in [2.24, 2.45) is 0 Å². The lowest BCUT2D eigenvalue weighted by atomic mass is 10.2. The van der Waals surface area contributed by atoms with Gasteiger partial charge in [-0.3, -0.25) is 4.79 Å². The summed E-state index contributed by atoms with van der Waals surface area (Å²) < 4.78 is 18.1. The summed E-state index contributed by atoms with van der Waals surface area (Å²) in [4.78, 5) is 12.3. The van der Waals surface area contributed by atoms with Gasteiger partial charge in [-0.1, -0.05) is 28.1 Å². The van der Waals surface area contributed by atoms with E-state index in [9.17, 15) is 4.79 Å². The maximum absolute atomic E-state index is 12.3. The van der Waals surface area contributed by atoms with Gasteiger partial charge in [0, 0.05) is 11.1 Å². The summed E-state index contributed by atoms with van der Waals surface area (Å²) >= 11 is 3.40. The molecule has 1 heterocycles. The molecule has 144 valence electrons. The van der Waals surface area contributed by atoms with Crippen LogP contribution in [-0.2, 0) is 9.53 Å². The molecule has 1 unspecified atom stereocenters. The monoisotopic (exact) mass is 433 g/mol. The Balaban J connectivity index is 1.51. The third-order valence-corrected chi connectivity index (χ3v) is 4.75. The quantitative estimate of drug-likeness (QED) is 0.653. The minimum atomic E-state index is -0.115. The lowest BCUT2D eigenvalue weighted by Gasteiger charge is -2.16. The van der Waals surface area contributed by atoms with Crippen LogP contribution in [0, 0.1) is 6.92 Å². The molecule has 0 saturated carbocycles. The van der Waals surface area contributed by atoms with E-state index in [4.69, 9.17) is 14.2 Å². The molecule has 0 aromatic heterocycles. The average Bonchev–Trinajstić information content (AvgIpc) is 3.15. The second-order valence-corrected chi connectivity index (χ2v) is 7.47. The van der Waals surface area contributed by atoms with E-state index in [-0.39, 0.29) is 18.4 Å². The van der Waals surface area contributed by atoms with Crippen molar-refractivity contribution in [1.82, 2.24) is 0 Å². The van der Waals surface area contributed by atoms with E-state index in [0.29, 0.717) is 24.7 Å². The molecule has 0 aliphatic carbocycles. The molecule has 1 atom stereocenters. The third-order valence-electron chi connectivity index (χ3n) is 4.25. The number of amides is 1. The van der Waals surface area contributed by atoms with Crippen LogP contribution in [0.4, 0.5) is 5.69 Å². The van der Waals surface area contributed by atoms with Crippen molar-refractivity contribution < 1.29 is 19.0 Å². The SMILES string of the molecule is Cc1ccc(NC(=O)CCOc2cccc(Br)c2)c(OCC2CCCO2)c1. The molecular weight excluding hydrogens is 410 g/mol. The van der Waals surface area contributed by atoms with Crippen LogP contribution in [0.25, 0.3) is 0 Å². The predicted molar refractivity (Wildman–Crippen MR) is 109 cm³/mol. The molecule has 0 bridgehead atoms. The molecular formula is C21H24BrNO4. The summed E-state index contributed by atoms with van der Waals surface area (Å²) in [6.07, 6.45) is 2.47. The van der Waals surface area contributed by atoms with Crippen molar-refractivity contribution in [3.05, 3.63) is 52.5 Å². The van der Waals surface area contributed by atoms with Crippen LogP contribution in [0.5, 0.6) is 11.5 Å². The first-order valence-corrected chi connectivity index (χ1v) is 9.93. The van der Waals surface area contributed by atoms with E-state index in [2.05, 4.69) is 21.2 Å². The van der Waals surface area contributed by atoms with Gasteiger partial charge in [0.25, 0.3) is 0 Å². The Kier molecular flexibility index (Phi) is 7.12. The summed E-state index contributed by atoms with van der Waals surface area (Å²) in [6.45, 7) is 3.60. The molecule has 2 aromatic rings. The second kappa shape index (κ2) is 9.76. The smallest absolute Gasteiger partial charge is 0.227 e. The van der Waals surface area contributed by atoms with Crippen molar-refractivity contribution in [3.8, 4) is 11.5 Å². The van der Waals surface area contributed by atoms with Gasteiger partial charge >= 0.3 is 0 Å². The molecule has 1 amide bonds. The molecule has 3 rings (SSSR count). The van der Waals surface area contributed by atoms with Crippen LogP contribution in [-0.4, -0.2) is 31.8 Å². The fourth-order valence-corrected chi connectivity index (χ4v) is 3.22. The number of hydrogen-bond donors (Lipinski definition) is 1. The number of benzene rings is 2. The van der Waals surface area contributed by atoms with Crippen LogP contribution in [0.3, 0.4) is 0 Å². The summed E-state index contributed by atoms with van der Waals surface area (Å²) in [5.74, 6) is 1.29. The Hall–Kier alpha value is -2.05. The Bertz CT molecular complexity index is 775. The topological polar surface area (TPSA) is 56.8 Å². The second-order valence-electron chi connectivity index (χ2n) is 6.55. The van der Waals surface area contributed by atoms with Gasteiger partial charge in [-0.05, 0) is 55.7 Å². The van der Waals surface area contributed by atoms with Crippen LogP contribution >= 0.6 is 15.9 Å². The normalized spacial score (nSPS) is 16.1. The van der Waals surface area contributed by atoms with Gasteiger partial charge in [0.2, 0.25) is 5.91 Å². The zero-order chi connectivity index (χ0) is 19.1. The maximum atomic E-state index is 12.3. The summed E-state index contributed by atoms with van der Waals surface area (Å²) in [7, 11) is 0. The number of carbonyl (C=O) groups excluding carboxylic acids is 1. The highest BCUT2D eigenvalue weighted by Gasteiger charge is 2.17. The fraction of sp³-hybridized carbons (Fsp3) is 0.381. The summed E-state index contributed by atoms with van der Waals surface area (Å²) in [6, 6.07) is 13.3. The molecule has 6 heteroatoms. The predicted octanol–water partition coefficient (Wildman–Crippen LogP) is 4.72. The minimum absolute atomic E-state index is 0.115. The van der Waals surface area contributed by atoms with Gasteiger partial charge < -0.3 is 19.5 Å². The van der Waals surface area contributed by atoms with Gasteiger partial charge in [-0.25, -0.2) is 0 Å². The Morgan fingerprint density at radius 1 is 1.26 bits per heavy atom. The van der Waals surface area contributed by atoms with Crippen LogP contribution in [0.2, 0.25) is 0 Å². The molecule has 5 nitrogen and oxygen atoms in total. The van der Waals surface area contributed by atoms with Gasteiger partial charge in [0.05, 0.1) is 24.8 Å². The number of anilines is 1. The van der Waals surface area contributed by atoms with Crippen molar-refractivity contribution in [3.63, 3.8) is 0 Å². The summed E-state index contributed by atoms with van der Waals surface area (Å²) in [5, 5.41) is 2.92. The first-order valence-electron chi connectivity index (χ1n) is 9.13. The summed E-state index contributed by atoms with van der Waals surface area (Å²) in [5.41, 5.74) is 1.75. The van der Waals surface area contributed by atoms with Crippen molar-refractivity contribution in [2.75, 3.05) is 25.1 Å². The molecule has 1 saturated heterocycles. The van der Waals surface area contributed by atoms with Gasteiger partial charge in [-0.2, -0.15) is 0 Å². The molecule has 2 aromatic carbocycles. The highest BCUT2D eigenvalue weighted by atomic mass is 79.9. The molecule has 0 spiro atoms. The average molecular weight is 434 g/mol. The third kappa shape index (κ3) is 6.26. The number of ether oxygens (including phenoxy) is 3. The zero-order valence-electron chi connectivity index (χ0n) is 15.4. The van der Waals surface area contributed by atoms with Gasteiger partial charge in [0.15, 0.2) is 0 Å². The van der Waals surface area contributed by atoms with Crippen LogP contribution in [0.1, 0.15) is 24.8 Å². The number of nitrogens with one attached hydrogen (secondary N) is 1.